The highest BCUT2D eigenvalue weighted by atomic mass is 16.2. The molecule has 0 spiro atoms. The Bertz CT molecular complexity index is 407. The van der Waals surface area contributed by atoms with Gasteiger partial charge in [0.1, 0.15) is 0 Å². The number of rotatable bonds is 4. The maximum Gasteiger partial charge on any atom is 0.237 e. The van der Waals surface area contributed by atoms with E-state index in [9.17, 15) is 4.79 Å². The van der Waals surface area contributed by atoms with Gasteiger partial charge in [-0.05, 0) is 38.3 Å². The Labute approximate surface area is 115 Å². The van der Waals surface area contributed by atoms with Crippen molar-refractivity contribution in [3.05, 3.63) is 35.4 Å². The fraction of sp³-hybridized carbons (Fsp3) is 0.562. The third-order valence-corrected chi connectivity index (χ3v) is 3.83. The average Bonchev–Trinajstić information content (AvgIpc) is 2.46. The molecule has 0 radical (unpaired) electrons. The molecule has 1 amide bonds. The summed E-state index contributed by atoms with van der Waals surface area (Å²) in [4.78, 5) is 12.2. The smallest absolute Gasteiger partial charge is 0.237 e. The lowest BCUT2D eigenvalue weighted by molar-refractivity contribution is -0.124. The van der Waals surface area contributed by atoms with Crippen LogP contribution in [0.2, 0.25) is 0 Å². The summed E-state index contributed by atoms with van der Waals surface area (Å²) < 4.78 is 0. The first-order chi connectivity index (χ1) is 9.20. The zero-order valence-electron chi connectivity index (χ0n) is 11.9. The van der Waals surface area contributed by atoms with Crippen LogP contribution in [0.5, 0.6) is 0 Å². The number of aryl methyl sites for hydroxylation is 1. The molecule has 0 aliphatic carbocycles. The highest BCUT2D eigenvalue weighted by molar-refractivity contribution is 5.82. The molecule has 3 heteroatoms. The number of hydrogen-bond donors (Lipinski definition) is 2. The second-order valence-electron chi connectivity index (χ2n) is 5.38. The van der Waals surface area contributed by atoms with E-state index >= 15 is 0 Å². The summed E-state index contributed by atoms with van der Waals surface area (Å²) in [7, 11) is 0. The van der Waals surface area contributed by atoms with Crippen molar-refractivity contribution >= 4 is 5.91 Å². The minimum absolute atomic E-state index is 0.00625. The third kappa shape index (κ3) is 3.80. The SMILES string of the molecule is CCC(NC(=O)[C@@H]1CCCCN1)c1ccc(C)cc1. The van der Waals surface area contributed by atoms with Crippen LogP contribution >= 0.6 is 0 Å². The molecule has 0 aromatic heterocycles. The Hall–Kier alpha value is -1.35. The predicted molar refractivity (Wildman–Crippen MR) is 78.0 cm³/mol. The van der Waals surface area contributed by atoms with Gasteiger partial charge < -0.3 is 10.6 Å². The first kappa shape index (κ1) is 14.1. The average molecular weight is 260 g/mol. The molecule has 1 fully saturated rings. The number of piperidine rings is 1. The zero-order chi connectivity index (χ0) is 13.7. The van der Waals surface area contributed by atoms with Crippen molar-refractivity contribution in [3.63, 3.8) is 0 Å². The Morgan fingerprint density at radius 2 is 2.11 bits per heavy atom. The maximum atomic E-state index is 12.2. The second-order valence-corrected chi connectivity index (χ2v) is 5.38. The van der Waals surface area contributed by atoms with Crippen molar-refractivity contribution in [3.8, 4) is 0 Å². The highest BCUT2D eigenvalue weighted by Gasteiger charge is 2.22. The van der Waals surface area contributed by atoms with Gasteiger partial charge in [0.2, 0.25) is 5.91 Å². The monoisotopic (exact) mass is 260 g/mol. The van der Waals surface area contributed by atoms with Crippen molar-refractivity contribution in [1.29, 1.82) is 0 Å². The lowest BCUT2D eigenvalue weighted by atomic mass is 10.0. The molecule has 2 atom stereocenters. The van der Waals surface area contributed by atoms with Crippen molar-refractivity contribution in [2.75, 3.05) is 6.54 Å². The fourth-order valence-electron chi connectivity index (χ4n) is 2.57. The normalized spacial score (nSPS) is 20.8. The molecule has 1 saturated heterocycles. The van der Waals surface area contributed by atoms with Gasteiger partial charge in [-0.25, -0.2) is 0 Å². The lowest BCUT2D eigenvalue weighted by Crippen LogP contribution is -2.47. The summed E-state index contributed by atoms with van der Waals surface area (Å²) in [6, 6.07) is 8.53. The Morgan fingerprint density at radius 3 is 2.68 bits per heavy atom. The van der Waals surface area contributed by atoms with E-state index in [1.165, 1.54) is 17.5 Å². The number of nitrogens with one attached hydrogen (secondary N) is 2. The Balaban J connectivity index is 1.98. The number of hydrogen-bond acceptors (Lipinski definition) is 2. The minimum atomic E-state index is -0.00625. The van der Waals surface area contributed by atoms with E-state index in [2.05, 4.69) is 48.7 Å². The lowest BCUT2D eigenvalue weighted by Gasteiger charge is -2.25. The van der Waals surface area contributed by atoms with Gasteiger partial charge >= 0.3 is 0 Å². The molecule has 19 heavy (non-hydrogen) atoms. The van der Waals surface area contributed by atoms with E-state index in [0.717, 1.165) is 25.8 Å². The number of carbonyl (C=O) groups is 1. The Morgan fingerprint density at radius 1 is 1.37 bits per heavy atom. The van der Waals surface area contributed by atoms with E-state index in [1.807, 2.05) is 0 Å². The molecular formula is C16H24N2O. The predicted octanol–water partition coefficient (Wildman–Crippen LogP) is 2.70. The van der Waals surface area contributed by atoms with Gasteiger partial charge in [-0.1, -0.05) is 43.2 Å². The van der Waals surface area contributed by atoms with E-state index in [1.54, 1.807) is 0 Å². The molecule has 1 aliphatic rings. The van der Waals surface area contributed by atoms with Crippen LogP contribution in [-0.4, -0.2) is 18.5 Å². The van der Waals surface area contributed by atoms with Gasteiger partial charge in [-0.2, -0.15) is 0 Å². The first-order valence-electron chi connectivity index (χ1n) is 7.31. The van der Waals surface area contributed by atoms with Gasteiger partial charge in [0.15, 0.2) is 0 Å². The first-order valence-corrected chi connectivity index (χ1v) is 7.31. The van der Waals surface area contributed by atoms with Gasteiger partial charge in [-0.15, -0.1) is 0 Å². The molecule has 2 rings (SSSR count). The molecule has 3 nitrogen and oxygen atoms in total. The second kappa shape index (κ2) is 6.71. The van der Waals surface area contributed by atoms with Crippen LogP contribution in [-0.2, 0) is 4.79 Å². The Kier molecular flexibility index (Phi) is 4.97. The van der Waals surface area contributed by atoms with Crippen molar-refractivity contribution in [2.24, 2.45) is 0 Å². The van der Waals surface area contributed by atoms with E-state index < -0.39 is 0 Å². The number of carbonyl (C=O) groups excluding carboxylic acids is 1. The summed E-state index contributed by atoms with van der Waals surface area (Å²) in [6.07, 6.45) is 4.20. The standard InChI is InChI=1S/C16H24N2O/c1-3-14(13-9-7-12(2)8-10-13)18-16(19)15-6-4-5-11-17-15/h7-10,14-15,17H,3-6,11H2,1-2H3,(H,18,19)/t14?,15-/m0/s1. The zero-order valence-corrected chi connectivity index (χ0v) is 11.9. The van der Waals surface area contributed by atoms with Crippen LogP contribution in [0.3, 0.4) is 0 Å². The van der Waals surface area contributed by atoms with E-state index in [4.69, 9.17) is 0 Å². The summed E-state index contributed by atoms with van der Waals surface area (Å²) in [5.41, 5.74) is 2.44. The van der Waals surface area contributed by atoms with Crippen LogP contribution < -0.4 is 10.6 Å². The molecule has 1 unspecified atom stereocenters. The van der Waals surface area contributed by atoms with E-state index in [0.29, 0.717) is 0 Å². The van der Waals surface area contributed by atoms with Crippen LogP contribution in [0.4, 0.5) is 0 Å². The number of benzene rings is 1. The summed E-state index contributed by atoms with van der Waals surface area (Å²) in [5, 5.41) is 6.47. The van der Waals surface area contributed by atoms with Gasteiger partial charge in [0, 0.05) is 0 Å². The number of amides is 1. The van der Waals surface area contributed by atoms with Crippen molar-refractivity contribution in [2.45, 2.75) is 51.6 Å². The largest absolute Gasteiger partial charge is 0.348 e. The van der Waals surface area contributed by atoms with Gasteiger partial charge in [0.25, 0.3) is 0 Å². The maximum absolute atomic E-state index is 12.2. The van der Waals surface area contributed by atoms with Crippen LogP contribution in [0.1, 0.15) is 49.8 Å². The van der Waals surface area contributed by atoms with Crippen molar-refractivity contribution in [1.82, 2.24) is 10.6 Å². The topological polar surface area (TPSA) is 41.1 Å². The van der Waals surface area contributed by atoms with Gasteiger partial charge in [0.05, 0.1) is 12.1 Å². The summed E-state index contributed by atoms with van der Waals surface area (Å²) in [6.45, 7) is 5.15. The van der Waals surface area contributed by atoms with E-state index in [-0.39, 0.29) is 18.0 Å². The summed E-state index contributed by atoms with van der Waals surface area (Å²) in [5.74, 6) is 0.145. The molecule has 1 heterocycles. The minimum Gasteiger partial charge on any atom is -0.348 e. The van der Waals surface area contributed by atoms with Crippen LogP contribution in [0, 0.1) is 6.92 Å². The fourth-order valence-corrected chi connectivity index (χ4v) is 2.57. The highest BCUT2D eigenvalue weighted by Crippen LogP contribution is 2.18. The quantitative estimate of drug-likeness (QED) is 0.874. The molecule has 104 valence electrons. The van der Waals surface area contributed by atoms with Crippen LogP contribution in [0.25, 0.3) is 0 Å². The molecule has 1 aromatic carbocycles. The molecule has 1 aromatic rings. The van der Waals surface area contributed by atoms with Crippen LogP contribution in [0.15, 0.2) is 24.3 Å². The molecule has 0 saturated carbocycles. The molecule has 2 N–H and O–H groups in total. The molecular weight excluding hydrogens is 236 g/mol. The van der Waals surface area contributed by atoms with Gasteiger partial charge in [-0.3, -0.25) is 4.79 Å². The molecule has 1 aliphatic heterocycles. The molecule has 0 bridgehead atoms. The van der Waals surface area contributed by atoms with Crippen molar-refractivity contribution < 1.29 is 4.79 Å². The summed E-state index contributed by atoms with van der Waals surface area (Å²) >= 11 is 0. The third-order valence-electron chi connectivity index (χ3n) is 3.83.